The minimum absolute atomic E-state index is 0.241. The van der Waals surface area contributed by atoms with Crippen LogP contribution in [-0.2, 0) is 6.54 Å². The van der Waals surface area contributed by atoms with E-state index in [0.29, 0.717) is 10.0 Å². The Balaban J connectivity index is 3.25. The first-order valence-corrected chi connectivity index (χ1v) is 4.09. The number of aryl methyl sites for hydroxylation is 1. The van der Waals surface area contributed by atoms with Crippen LogP contribution < -0.4 is 5.73 Å². The number of hydrogen-bond acceptors (Lipinski definition) is 1. The average Bonchev–Trinajstić information content (AvgIpc) is 2.01. The SMILES string of the molecule is Cc1ccc(CN)c(F)c1Br. The fourth-order valence-electron chi connectivity index (χ4n) is 0.844. The van der Waals surface area contributed by atoms with Gasteiger partial charge in [0.2, 0.25) is 0 Å². The highest BCUT2D eigenvalue weighted by atomic mass is 79.9. The molecule has 0 heterocycles. The van der Waals surface area contributed by atoms with E-state index in [0.717, 1.165) is 5.56 Å². The minimum atomic E-state index is -0.243. The van der Waals surface area contributed by atoms with Crippen molar-refractivity contribution in [1.82, 2.24) is 0 Å². The first-order valence-electron chi connectivity index (χ1n) is 3.30. The Kier molecular flexibility index (Phi) is 2.62. The number of halogens is 2. The fourth-order valence-corrected chi connectivity index (χ4v) is 1.23. The second kappa shape index (κ2) is 3.32. The Morgan fingerprint density at radius 1 is 1.55 bits per heavy atom. The Bertz CT molecular complexity index is 273. The van der Waals surface area contributed by atoms with Crippen LogP contribution in [0.1, 0.15) is 11.1 Å². The Morgan fingerprint density at radius 2 is 2.18 bits per heavy atom. The van der Waals surface area contributed by atoms with Gasteiger partial charge in [-0.2, -0.15) is 0 Å². The normalized spacial score (nSPS) is 10.2. The van der Waals surface area contributed by atoms with Gasteiger partial charge in [0.1, 0.15) is 5.82 Å². The molecule has 0 saturated heterocycles. The molecular formula is C8H9BrFN. The highest BCUT2D eigenvalue weighted by Gasteiger charge is 2.06. The van der Waals surface area contributed by atoms with Crippen molar-refractivity contribution in [3.8, 4) is 0 Å². The standard InChI is InChI=1S/C8H9BrFN/c1-5-2-3-6(4-11)8(10)7(5)9/h2-3H,4,11H2,1H3. The van der Waals surface area contributed by atoms with Crippen LogP contribution in [0.25, 0.3) is 0 Å². The lowest BCUT2D eigenvalue weighted by molar-refractivity contribution is 0.602. The number of benzene rings is 1. The third-order valence-electron chi connectivity index (χ3n) is 1.58. The van der Waals surface area contributed by atoms with E-state index >= 15 is 0 Å². The molecule has 1 rings (SSSR count). The summed E-state index contributed by atoms with van der Waals surface area (Å²) in [7, 11) is 0. The zero-order valence-electron chi connectivity index (χ0n) is 6.20. The molecule has 0 aliphatic heterocycles. The molecule has 0 aromatic heterocycles. The van der Waals surface area contributed by atoms with Crippen molar-refractivity contribution in [2.24, 2.45) is 5.73 Å². The molecule has 1 nitrogen and oxygen atoms in total. The summed E-state index contributed by atoms with van der Waals surface area (Å²) in [5.74, 6) is -0.243. The van der Waals surface area contributed by atoms with Crippen LogP contribution in [0.5, 0.6) is 0 Å². The van der Waals surface area contributed by atoms with Crippen molar-refractivity contribution < 1.29 is 4.39 Å². The van der Waals surface area contributed by atoms with Crippen LogP contribution in [0.15, 0.2) is 16.6 Å². The molecular weight excluding hydrogens is 209 g/mol. The quantitative estimate of drug-likeness (QED) is 0.769. The minimum Gasteiger partial charge on any atom is -0.326 e. The molecule has 3 heteroatoms. The number of hydrogen-bond donors (Lipinski definition) is 1. The molecule has 0 radical (unpaired) electrons. The first kappa shape index (κ1) is 8.68. The third kappa shape index (κ3) is 1.60. The van der Waals surface area contributed by atoms with E-state index in [-0.39, 0.29) is 12.4 Å². The summed E-state index contributed by atoms with van der Waals surface area (Å²) < 4.78 is 13.7. The van der Waals surface area contributed by atoms with Crippen molar-refractivity contribution in [1.29, 1.82) is 0 Å². The van der Waals surface area contributed by atoms with Gasteiger partial charge in [0.15, 0.2) is 0 Å². The monoisotopic (exact) mass is 217 g/mol. The first-order chi connectivity index (χ1) is 5.16. The molecule has 0 bridgehead atoms. The molecule has 1 aromatic carbocycles. The van der Waals surface area contributed by atoms with Crippen LogP contribution in [0.4, 0.5) is 4.39 Å². The van der Waals surface area contributed by atoms with Crippen molar-refractivity contribution >= 4 is 15.9 Å². The molecule has 0 amide bonds. The van der Waals surface area contributed by atoms with Crippen LogP contribution >= 0.6 is 15.9 Å². The summed E-state index contributed by atoms with van der Waals surface area (Å²) in [6.45, 7) is 2.08. The zero-order chi connectivity index (χ0) is 8.43. The highest BCUT2D eigenvalue weighted by molar-refractivity contribution is 9.10. The summed E-state index contributed by atoms with van der Waals surface area (Å²) in [4.78, 5) is 0. The van der Waals surface area contributed by atoms with E-state index in [4.69, 9.17) is 5.73 Å². The molecule has 1 aromatic rings. The van der Waals surface area contributed by atoms with E-state index in [2.05, 4.69) is 15.9 Å². The lowest BCUT2D eigenvalue weighted by Crippen LogP contribution is -2.00. The smallest absolute Gasteiger partial charge is 0.142 e. The molecule has 0 unspecified atom stereocenters. The predicted octanol–water partition coefficient (Wildman–Crippen LogP) is 2.36. The van der Waals surface area contributed by atoms with E-state index in [1.54, 1.807) is 6.07 Å². The van der Waals surface area contributed by atoms with Crippen LogP contribution in [-0.4, -0.2) is 0 Å². The largest absolute Gasteiger partial charge is 0.326 e. The maximum Gasteiger partial charge on any atom is 0.142 e. The van der Waals surface area contributed by atoms with Gasteiger partial charge in [-0.25, -0.2) is 4.39 Å². The highest BCUT2D eigenvalue weighted by Crippen LogP contribution is 2.22. The van der Waals surface area contributed by atoms with Gasteiger partial charge >= 0.3 is 0 Å². The molecule has 0 spiro atoms. The second-order valence-corrected chi connectivity index (χ2v) is 3.17. The van der Waals surface area contributed by atoms with Gasteiger partial charge in [0, 0.05) is 12.1 Å². The van der Waals surface area contributed by atoms with Gasteiger partial charge in [-0.3, -0.25) is 0 Å². The van der Waals surface area contributed by atoms with E-state index in [1.165, 1.54) is 0 Å². The Hall–Kier alpha value is -0.410. The van der Waals surface area contributed by atoms with Crippen LogP contribution in [0.2, 0.25) is 0 Å². The van der Waals surface area contributed by atoms with Gasteiger partial charge in [0.05, 0.1) is 4.47 Å². The van der Waals surface area contributed by atoms with Crippen molar-refractivity contribution in [2.45, 2.75) is 13.5 Å². The topological polar surface area (TPSA) is 26.0 Å². The fraction of sp³-hybridized carbons (Fsp3) is 0.250. The van der Waals surface area contributed by atoms with E-state index in [9.17, 15) is 4.39 Å². The number of nitrogens with two attached hydrogens (primary N) is 1. The summed E-state index contributed by atoms with van der Waals surface area (Å²) in [6.07, 6.45) is 0. The third-order valence-corrected chi connectivity index (χ3v) is 2.55. The zero-order valence-corrected chi connectivity index (χ0v) is 7.78. The van der Waals surface area contributed by atoms with Crippen molar-refractivity contribution in [3.05, 3.63) is 33.5 Å². The summed E-state index contributed by atoms with van der Waals surface area (Å²) in [5.41, 5.74) is 6.74. The average molecular weight is 218 g/mol. The van der Waals surface area contributed by atoms with E-state index < -0.39 is 0 Å². The van der Waals surface area contributed by atoms with Crippen LogP contribution in [0.3, 0.4) is 0 Å². The Morgan fingerprint density at radius 3 is 2.73 bits per heavy atom. The van der Waals surface area contributed by atoms with Crippen molar-refractivity contribution in [3.63, 3.8) is 0 Å². The second-order valence-electron chi connectivity index (χ2n) is 2.37. The molecule has 0 aliphatic carbocycles. The van der Waals surface area contributed by atoms with E-state index in [1.807, 2.05) is 13.0 Å². The molecule has 11 heavy (non-hydrogen) atoms. The van der Waals surface area contributed by atoms with Gasteiger partial charge < -0.3 is 5.73 Å². The summed E-state index contributed by atoms with van der Waals surface area (Å²) in [5, 5.41) is 0. The maximum atomic E-state index is 13.1. The predicted molar refractivity (Wildman–Crippen MR) is 46.7 cm³/mol. The Labute approximate surface area is 73.5 Å². The van der Waals surface area contributed by atoms with Gasteiger partial charge in [-0.15, -0.1) is 0 Å². The van der Waals surface area contributed by atoms with Gasteiger partial charge in [-0.05, 0) is 28.4 Å². The van der Waals surface area contributed by atoms with Gasteiger partial charge in [0.25, 0.3) is 0 Å². The lowest BCUT2D eigenvalue weighted by Gasteiger charge is -2.03. The lowest BCUT2D eigenvalue weighted by atomic mass is 10.1. The molecule has 2 N–H and O–H groups in total. The number of rotatable bonds is 1. The molecule has 60 valence electrons. The van der Waals surface area contributed by atoms with Gasteiger partial charge in [-0.1, -0.05) is 12.1 Å². The molecule has 0 atom stereocenters. The molecule has 0 aliphatic rings. The molecule has 0 saturated carbocycles. The maximum absolute atomic E-state index is 13.1. The molecule has 0 fully saturated rings. The summed E-state index contributed by atoms with van der Waals surface area (Å²) >= 11 is 3.14. The van der Waals surface area contributed by atoms with Crippen LogP contribution in [0, 0.1) is 12.7 Å². The van der Waals surface area contributed by atoms with Crippen molar-refractivity contribution in [2.75, 3.05) is 0 Å². The summed E-state index contributed by atoms with van der Waals surface area (Å²) in [6, 6.07) is 3.55.